The van der Waals surface area contributed by atoms with Gasteiger partial charge in [0.15, 0.2) is 6.61 Å². The summed E-state index contributed by atoms with van der Waals surface area (Å²) in [6, 6.07) is 12.8. The second-order valence-corrected chi connectivity index (χ2v) is 7.00. The van der Waals surface area contributed by atoms with E-state index >= 15 is 0 Å². The number of carbonyl (C=O) groups is 2. The van der Waals surface area contributed by atoms with E-state index in [1.807, 2.05) is 32.0 Å². The maximum atomic E-state index is 12.5. The Morgan fingerprint density at radius 1 is 1.18 bits per heavy atom. The van der Waals surface area contributed by atoms with Crippen molar-refractivity contribution in [3.8, 4) is 5.75 Å². The van der Waals surface area contributed by atoms with Gasteiger partial charge in [0.1, 0.15) is 5.75 Å². The first kappa shape index (κ1) is 19.9. The fraction of sp³-hybridized carbons (Fsp3) is 0.364. The molecular weight excluding hydrogens is 356 g/mol. The molecule has 2 aromatic carbocycles. The lowest BCUT2D eigenvalue weighted by Gasteiger charge is -2.14. The molecule has 0 saturated carbocycles. The molecule has 28 heavy (non-hydrogen) atoms. The highest BCUT2D eigenvalue weighted by atomic mass is 16.5. The molecule has 0 aromatic heterocycles. The number of hydrogen-bond donors (Lipinski definition) is 2. The van der Waals surface area contributed by atoms with Crippen molar-refractivity contribution in [2.24, 2.45) is 0 Å². The molecule has 6 heteroatoms. The zero-order valence-corrected chi connectivity index (χ0v) is 16.3. The Morgan fingerprint density at radius 2 is 2.00 bits per heavy atom. The van der Waals surface area contributed by atoms with Gasteiger partial charge in [-0.15, -0.1) is 0 Å². The molecule has 1 saturated heterocycles. The first-order valence-electron chi connectivity index (χ1n) is 9.51. The van der Waals surface area contributed by atoms with E-state index < -0.39 is 0 Å². The Labute approximate surface area is 165 Å². The number of anilines is 1. The monoisotopic (exact) mass is 382 g/mol. The van der Waals surface area contributed by atoms with Crippen molar-refractivity contribution in [3.63, 3.8) is 0 Å². The maximum Gasteiger partial charge on any atom is 0.262 e. The second kappa shape index (κ2) is 9.37. The molecule has 0 radical (unpaired) electrons. The topological polar surface area (TPSA) is 76.7 Å². The van der Waals surface area contributed by atoms with Crippen LogP contribution in [0.3, 0.4) is 0 Å². The van der Waals surface area contributed by atoms with Gasteiger partial charge in [-0.3, -0.25) is 9.59 Å². The van der Waals surface area contributed by atoms with Gasteiger partial charge in [0.2, 0.25) is 0 Å². The largest absolute Gasteiger partial charge is 0.483 e. The minimum absolute atomic E-state index is 0.0664. The quantitative estimate of drug-likeness (QED) is 0.771. The summed E-state index contributed by atoms with van der Waals surface area (Å²) in [5, 5.41) is 5.65. The highest BCUT2D eigenvalue weighted by Gasteiger charge is 2.18. The predicted octanol–water partition coefficient (Wildman–Crippen LogP) is 3.23. The Hall–Kier alpha value is -2.86. The van der Waals surface area contributed by atoms with Gasteiger partial charge in [0.05, 0.1) is 17.4 Å². The number of aryl methyl sites for hydroxylation is 2. The lowest BCUT2D eigenvalue weighted by molar-refractivity contribution is -0.118. The van der Waals surface area contributed by atoms with E-state index in [1.54, 1.807) is 24.3 Å². The smallest absolute Gasteiger partial charge is 0.262 e. The van der Waals surface area contributed by atoms with E-state index in [2.05, 4.69) is 10.6 Å². The molecule has 0 unspecified atom stereocenters. The zero-order chi connectivity index (χ0) is 19.9. The van der Waals surface area contributed by atoms with Gasteiger partial charge in [-0.1, -0.05) is 24.3 Å². The molecule has 0 bridgehead atoms. The molecule has 1 aliphatic heterocycles. The third kappa shape index (κ3) is 5.33. The fourth-order valence-corrected chi connectivity index (χ4v) is 3.09. The van der Waals surface area contributed by atoms with Crippen LogP contribution < -0.4 is 15.4 Å². The first-order valence-corrected chi connectivity index (χ1v) is 9.51. The van der Waals surface area contributed by atoms with Crippen LogP contribution in [-0.4, -0.2) is 37.7 Å². The summed E-state index contributed by atoms with van der Waals surface area (Å²) in [6.45, 7) is 4.98. The summed E-state index contributed by atoms with van der Waals surface area (Å²) in [5.74, 6) is 0.125. The van der Waals surface area contributed by atoms with Crippen LogP contribution in [0, 0.1) is 13.8 Å². The molecule has 2 amide bonds. The Bertz CT molecular complexity index is 844. The maximum absolute atomic E-state index is 12.5. The molecule has 1 heterocycles. The molecule has 1 fully saturated rings. The highest BCUT2D eigenvalue weighted by molar-refractivity contribution is 6.04. The van der Waals surface area contributed by atoms with Gasteiger partial charge in [0.25, 0.3) is 11.8 Å². The number of benzene rings is 2. The minimum atomic E-state index is -0.319. The minimum Gasteiger partial charge on any atom is -0.483 e. The van der Waals surface area contributed by atoms with Gasteiger partial charge >= 0.3 is 0 Å². The van der Waals surface area contributed by atoms with Gasteiger partial charge in [-0.05, 0) is 56.0 Å². The van der Waals surface area contributed by atoms with E-state index in [1.165, 1.54) is 0 Å². The van der Waals surface area contributed by atoms with Crippen LogP contribution >= 0.6 is 0 Å². The molecule has 2 N–H and O–H groups in total. The SMILES string of the molecule is Cc1ccc(C)c(OCC(=O)Nc2ccccc2C(=O)NC[C@H]2CCCO2)c1. The average molecular weight is 382 g/mol. The summed E-state index contributed by atoms with van der Waals surface area (Å²) in [7, 11) is 0. The summed E-state index contributed by atoms with van der Waals surface area (Å²) < 4.78 is 11.2. The van der Waals surface area contributed by atoms with Crippen LogP contribution in [0.1, 0.15) is 34.3 Å². The van der Waals surface area contributed by atoms with Crippen molar-refractivity contribution in [2.45, 2.75) is 32.8 Å². The van der Waals surface area contributed by atoms with Gasteiger partial charge in [-0.2, -0.15) is 0 Å². The van der Waals surface area contributed by atoms with E-state index in [0.717, 1.165) is 30.6 Å². The summed E-state index contributed by atoms with van der Waals surface area (Å²) >= 11 is 0. The average Bonchev–Trinajstić information content (AvgIpc) is 3.21. The summed E-state index contributed by atoms with van der Waals surface area (Å²) in [4.78, 5) is 24.9. The van der Waals surface area contributed by atoms with Crippen LogP contribution in [-0.2, 0) is 9.53 Å². The molecule has 1 aliphatic rings. The number of hydrogen-bond acceptors (Lipinski definition) is 4. The van der Waals surface area contributed by atoms with Crippen LogP contribution in [0.4, 0.5) is 5.69 Å². The number of ether oxygens (including phenoxy) is 2. The Kier molecular flexibility index (Phi) is 6.66. The number of rotatable bonds is 7. The highest BCUT2D eigenvalue weighted by Crippen LogP contribution is 2.20. The van der Waals surface area contributed by atoms with Crippen LogP contribution in [0.25, 0.3) is 0 Å². The third-order valence-electron chi connectivity index (χ3n) is 4.66. The van der Waals surface area contributed by atoms with E-state index in [-0.39, 0.29) is 24.5 Å². The Morgan fingerprint density at radius 3 is 2.79 bits per heavy atom. The van der Waals surface area contributed by atoms with E-state index in [4.69, 9.17) is 9.47 Å². The first-order chi connectivity index (χ1) is 13.5. The van der Waals surface area contributed by atoms with Gasteiger partial charge in [0, 0.05) is 13.2 Å². The van der Waals surface area contributed by atoms with Crippen LogP contribution in [0.5, 0.6) is 5.75 Å². The summed E-state index contributed by atoms with van der Waals surface area (Å²) in [5.41, 5.74) is 2.91. The van der Waals surface area contributed by atoms with Crippen molar-refractivity contribution in [1.82, 2.24) is 5.32 Å². The van der Waals surface area contributed by atoms with Gasteiger partial charge < -0.3 is 20.1 Å². The zero-order valence-electron chi connectivity index (χ0n) is 16.3. The van der Waals surface area contributed by atoms with E-state index in [0.29, 0.717) is 23.5 Å². The molecule has 148 valence electrons. The van der Waals surface area contributed by atoms with Crippen molar-refractivity contribution in [1.29, 1.82) is 0 Å². The van der Waals surface area contributed by atoms with Crippen molar-refractivity contribution >= 4 is 17.5 Å². The molecule has 6 nitrogen and oxygen atoms in total. The molecule has 0 aliphatic carbocycles. The van der Waals surface area contributed by atoms with Crippen LogP contribution in [0.15, 0.2) is 42.5 Å². The molecule has 0 spiro atoms. The lowest BCUT2D eigenvalue weighted by atomic mass is 10.1. The van der Waals surface area contributed by atoms with Crippen molar-refractivity contribution in [2.75, 3.05) is 25.1 Å². The van der Waals surface area contributed by atoms with Crippen molar-refractivity contribution in [3.05, 3.63) is 59.2 Å². The fourth-order valence-electron chi connectivity index (χ4n) is 3.09. The molecule has 1 atom stereocenters. The third-order valence-corrected chi connectivity index (χ3v) is 4.66. The van der Waals surface area contributed by atoms with E-state index in [9.17, 15) is 9.59 Å². The number of para-hydroxylation sites is 1. The number of nitrogens with one attached hydrogen (secondary N) is 2. The lowest BCUT2D eigenvalue weighted by Crippen LogP contribution is -2.32. The number of carbonyl (C=O) groups excluding carboxylic acids is 2. The van der Waals surface area contributed by atoms with Gasteiger partial charge in [-0.25, -0.2) is 0 Å². The molecular formula is C22H26N2O4. The van der Waals surface area contributed by atoms with Crippen LogP contribution in [0.2, 0.25) is 0 Å². The number of amides is 2. The normalized spacial score (nSPS) is 15.9. The van der Waals surface area contributed by atoms with Crippen molar-refractivity contribution < 1.29 is 19.1 Å². The second-order valence-electron chi connectivity index (χ2n) is 7.00. The summed E-state index contributed by atoms with van der Waals surface area (Å²) in [6.07, 6.45) is 2.04. The molecule has 3 rings (SSSR count). The Balaban J connectivity index is 1.58. The molecule has 2 aromatic rings. The standard InChI is InChI=1S/C22H26N2O4/c1-15-9-10-16(2)20(12-15)28-14-21(25)24-19-8-4-3-7-18(19)22(26)23-13-17-6-5-11-27-17/h3-4,7-10,12,17H,5-6,11,13-14H2,1-2H3,(H,23,26)(H,24,25)/t17-/m1/s1. The predicted molar refractivity (Wildman–Crippen MR) is 108 cm³/mol.